The first kappa shape index (κ1) is 10.6. The van der Waals surface area contributed by atoms with Crippen molar-refractivity contribution in [3.63, 3.8) is 0 Å². The highest BCUT2D eigenvalue weighted by molar-refractivity contribution is 6.38. The largest absolute Gasteiger partial charge is 0.454 e. The summed E-state index contributed by atoms with van der Waals surface area (Å²) in [6, 6.07) is 4.96. The van der Waals surface area contributed by atoms with Gasteiger partial charge in [0.1, 0.15) is 5.38 Å². The summed E-state index contributed by atoms with van der Waals surface area (Å²) in [6.45, 7) is 0.187. The number of carbonyl (C=O) groups excluding carboxylic acids is 1. The lowest BCUT2D eigenvalue weighted by molar-refractivity contribution is 0.0992. The molecule has 5 heteroatoms. The van der Waals surface area contributed by atoms with Crippen molar-refractivity contribution >= 4 is 29.0 Å². The molecule has 80 valence electrons. The molecule has 0 saturated heterocycles. The molecule has 0 aliphatic carbocycles. The van der Waals surface area contributed by atoms with Gasteiger partial charge in [-0.1, -0.05) is 0 Å². The van der Waals surface area contributed by atoms with Crippen LogP contribution in [0, 0.1) is 0 Å². The Balaban J connectivity index is 2.26. The first-order valence-corrected chi connectivity index (χ1v) is 5.33. The lowest BCUT2D eigenvalue weighted by atomic mass is 10.1. The van der Waals surface area contributed by atoms with Gasteiger partial charge in [0.2, 0.25) is 6.79 Å². The van der Waals surface area contributed by atoms with E-state index in [1.54, 1.807) is 18.2 Å². The number of benzene rings is 1. The first-order valence-electron chi connectivity index (χ1n) is 4.36. The number of carbonyl (C=O) groups is 1. The van der Waals surface area contributed by atoms with Crippen LogP contribution in [0.2, 0.25) is 0 Å². The molecule has 1 aliphatic rings. The molecule has 1 atom stereocenters. The molecule has 3 nitrogen and oxygen atoms in total. The zero-order valence-electron chi connectivity index (χ0n) is 7.70. The van der Waals surface area contributed by atoms with E-state index in [0.29, 0.717) is 17.1 Å². The molecule has 0 fully saturated rings. The number of hydrogen-bond donors (Lipinski definition) is 0. The highest BCUT2D eigenvalue weighted by Gasteiger charge is 2.20. The van der Waals surface area contributed by atoms with Gasteiger partial charge in [-0.15, -0.1) is 23.2 Å². The Morgan fingerprint density at radius 2 is 2.13 bits per heavy atom. The van der Waals surface area contributed by atoms with Gasteiger partial charge in [0, 0.05) is 11.4 Å². The predicted octanol–water partition coefficient (Wildman–Crippen LogP) is 2.44. The molecule has 2 rings (SSSR count). The molecule has 0 bridgehead atoms. The smallest absolute Gasteiger partial charge is 0.231 e. The van der Waals surface area contributed by atoms with Gasteiger partial charge in [0.05, 0.1) is 0 Å². The van der Waals surface area contributed by atoms with Gasteiger partial charge in [-0.3, -0.25) is 4.79 Å². The van der Waals surface area contributed by atoms with Crippen LogP contribution in [0.25, 0.3) is 0 Å². The summed E-state index contributed by atoms with van der Waals surface area (Å²) in [6.07, 6.45) is 0. The molecule has 0 spiro atoms. The van der Waals surface area contributed by atoms with Crippen LogP contribution in [0.3, 0.4) is 0 Å². The molecule has 0 radical (unpaired) electrons. The van der Waals surface area contributed by atoms with Gasteiger partial charge in [-0.2, -0.15) is 0 Å². The molecular formula is C10H8Cl2O3. The van der Waals surface area contributed by atoms with E-state index in [1.807, 2.05) is 0 Å². The van der Waals surface area contributed by atoms with Crippen LogP contribution >= 0.6 is 23.2 Å². The van der Waals surface area contributed by atoms with Crippen molar-refractivity contribution < 1.29 is 14.3 Å². The minimum absolute atomic E-state index is 0.0921. The number of alkyl halides is 2. The number of ketones is 1. The van der Waals surface area contributed by atoms with Crippen LogP contribution in [0.5, 0.6) is 11.5 Å². The van der Waals surface area contributed by atoms with Crippen LogP contribution in [0.1, 0.15) is 10.4 Å². The Labute approximate surface area is 96.9 Å². The minimum atomic E-state index is -0.702. The topological polar surface area (TPSA) is 35.5 Å². The zero-order chi connectivity index (χ0) is 10.8. The number of Topliss-reactive ketones (excluding diaryl/α,β-unsaturated/α-hetero) is 1. The quantitative estimate of drug-likeness (QED) is 0.607. The maximum atomic E-state index is 11.7. The summed E-state index contributed by atoms with van der Waals surface area (Å²) in [5.74, 6) is 1.10. The Hall–Kier alpha value is -0.930. The first-order chi connectivity index (χ1) is 7.22. The second-order valence-corrected chi connectivity index (χ2v) is 3.89. The maximum Gasteiger partial charge on any atom is 0.231 e. The average Bonchev–Trinajstić information content (AvgIpc) is 2.73. The summed E-state index contributed by atoms with van der Waals surface area (Å²) < 4.78 is 10.3. The summed E-state index contributed by atoms with van der Waals surface area (Å²) >= 11 is 11.3. The molecule has 0 amide bonds. The Bertz CT molecular complexity index is 392. The van der Waals surface area contributed by atoms with E-state index in [0.717, 1.165) is 0 Å². The van der Waals surface area contributed by atoms with Crippen molar-refractivity contribution in [2.45, 2.75) is 5.38 Å². The highest BCUT2D eigenvalue weighted by atomic mass is 35.5. The monoisotopic (exact) mass is 246 g/mol. The molecule has 1 heterocycles. The average molecular weight is 247 g/mol. The number of hydrogen-bond acceptors (Lipinski definition) is 3. The van der Waals surface area contributed by atoms with Crippen molar-refractivity contribution in [2.24, 2.45) is 0 Å². The van der Waals surface area contributed by atoms with Gasteiger partial charge in [-0.25, -0.2) is 0 Å². The number of halogens is 2. The summed E-state index contributed by atoms with van der Waals surface area (Å²) in [5, 5.41) is -0.702. The van der Waals surface area contributed by atoms with E-state index in [4.69, 9.17) is 32.7 Å². The Morgan fingerprint density at radius 1 is 1.40 bits per heavy atom. The Kier molecular flexibility index (Phi) is 3.03. The van der Waals surface area contributed by atoms with E-state index in [1.165, 1.54) is 0 Å². The molecule has 0 saturated carbocycles. The second-order valence-electron chi connectivity index (χ2n) is 3.05. The van der Waals surface area contributed by atoms with Gasteiger partial charge < -0.3 is 9.47 Å². The highest BCUT2D eigenvalue weighted by Crippen LogP contribution is 2.33. The van der Waals surface area contributed by atoms with Gasteiger partial charge in [-0.05, 0) is 18.2 Å². The van der Waals surface area contributed by atoms with E-state index >= 15 is 0 Å². The summed E-state index contributed by atoms with van der Waals surface area (Å²) in [5.41, 5.74) is 0.486. The number of ether oxygens (including phenoxy) is 2. The van der Waals surface area contributed by atoms with Crippen molar-refractivity contribution in [2.75, 3.05) is 12.7 Å². The lowest BCUT2D eigenvalue weighted by Crippen LogP contribution is -2.15. The standard InChI is InChI=1S/C10H8Cl2O3/c11-4-7(12)10(13)6-1-2-8-9(3-6)15-5-14-8/h1-3,7H,4-5H2. The Morgan fingerprint density at radius 3 is 2.87 bits per heavy atom. The predicted molar refractivity (Wildman–Crippen MR) is 57.3 cm³/mol. The van der Waals surface area contributed by atoms with Crippen LogP contribution < -0.4 is 9.47 Å². The molecule has 0 N–H and O–H groups in total. The van der Waals surface area contributed by atoms with E-state index in [9.17, 15) is 4.79 Å². The maximum absolute atomic E-state index is 11.7. The zero-order valence-corrected chi connectivity index (χ0v) is 9.22. The molecule has 15 heavy (non-hydrogen) atoms. The fourth-order valence-electron chi connectivity index (χ4n) is 1.30. The van der Waals surface area contributed by atoms with Crippen LogP contribution in [0.4, 0.5) is 0 Å². The summed E-state index contributed by atoms with van der Waals surface area (Å²) in [4.78, 5) is 11.7. The van der Waals surface area contributed by atoms with Crippen LogP contribution in [-0.2, 0) is 0 Å². The second kappa shape index (κ2) is 4.29. The number of rotatable bonds is 3. The van der Waals surface area contributed by atoms with Crippen LogP contribution in [-0.4, -0.2) is 23.8 Å². The third-order valence-electron chi connectivity index (χ3n) is 2.08. The third kappa shape index (κ3) is 2.03. The van der Waals surface area contributed by atoms with E-state index < -0.39 is 5.38 Å². The normalized spacial score (nSPS) is 15.1. The molecular weight excluding hydrogens is 239 g/mol. The number of fused-ring (bicyclic) bond motifs is 1. The van der Waals surface area contributed by atoms with Crippen molar-refractivity contribution in [3.05, 3.63) is 23.8 Å². The van der Waals surface area contributed by atoms with E-state index in [2.05, 4.69) is 0 Å². The van der Waals surface area contributed by atoms with Gasteiger partial charge in [0.15, 0.2) is 17.3 Å². The molecule has 1 aromatic carbocycles. The molecule has 1 aromatic rings. The van der Waals surface area contributed by atoms with Crippen molar-refractivity contribution in [1.82, 2.24) is 0 Å². The molecule has 1 aliphatic heterocycles. The van der Waals surface area contributed by atoms with Crippen LogP contribution in [0.15, 0.2) is 18.2 Å². The van der Waals surface area contributed by atoms with Gasteiger partial charge >= 0.3 is 0 Å². The lowest BCUT2D eigenvalue weighted by Gasteiger charge is -2.05. The third-order valence-corrected chi connectivity index (χ3v) is 2.90. The van der Waals surface area contributed by atoms with E-state index in [-0.39, 0.29) is 18.5 Å². The van der Waals surface area contributed by atoms with Crippen molar-refractivity contribution in [1.29, 1.82) is 0 Å². The summed E-state index contributed by atoms with van der Waals surface area (Å²) in [7, 11) is 0. The van der Waals surface area contributed by atoms with Gasteiger partial charge in [0.25, 0.3) is 0 Å². The fourth-order valence-corrected chi connectivity index (χ4v) is 1.57. The SMILES string of the molecule is O=C(c1ccc2c(c1)OCO2)C(Cl)CCl. The molecule has 0 aromatic heterocycles. The fraction of sp³-hybridized carbons (Fsp3) is 0.300. The minimum Gasteiger partial charge on any atom is -0.454 e. The molecule has 1 unspecified atom stereocenters. The van der Waals surface area contributed by atoms with Crippen molar-refractivity contribution in [3.8, 4) is 11.5 Å².